The molecule has 158 valence electrons. The minimum atomic E-state index is -0.440. The zero-order chi connectivity index (χ0) is 21.4. The molecule has 1 unspecified atom stereocenters. The predicted octanol–water partition coefficient (Wildman–Crippen LogP) is 2.25. The maximum absolute atomic E-state index is 11.6. The first-order valence-electron chi connectivity index (χ1n) is 9.74. The Hall–Kier alpha value is -3.05. The van der Waals surface area contributed by atoms with E-state index in [1.807, 2.05) is 6.92 Å². The van der Waals surface area contributed by atoms with Crippen molar-refractivity contribution >= 4 is 27.9 Å². The third kappa shape index (κ3) is 3.61. The Balaban J connectivity index is 1.74. The monoisotopic (exact) mass is 430 g/mol. The third-order valence-electron chi connectivity index (χ3n) is 5.52. The summed E-state index contributed by atoms with van der Waals surface area (Å²) in [5.74, 6) is 0.205. The molecule has 3 N–H and O–H groups in total. The normalized spacial score (nSPS) is 16.7. The molecule has 0 aliphatic carbocycles. The van der Waals surface area contributed by atoms with Crippen LogP contribution in [0.2, 0.25) is 0 Å². The van der Waals surface area contributed by atoms with Crippen LogP contribution in [0.15, 0.2) is 24.3 Å². The van der Waals surface area contributed by atoms with Crippen LogP contribution in [0.4, 0.5) is 5.69 Å². The van der Waals surface area contributed by atoms with Gasteiger partial charge < -0.3 is 10.8 Å². The van der Waals surface area contributed by atoms with Gasteiger partial charge in [-0.25, -0.2) is 4.98 Å². The molecule has 1 fully saturated rings. The number of aryl methyl sites for hydroxylation is 1. The maximum atomic E-state index is 11.6. The minimum absolute atomic E-state index is 0.00407. The number of nitrogens with zero attached hydrogens (tertiary/aromatic N) is 5. The number of rotatable bonds is 6. The number of fused-ring (bicyclic) bond motifs is 1. The fourth-order valence-electron chi connectivity index (χ4n) is 3.87. The van der Waals surface area contributed by atoms with Crippen LogP contribution in [0.1, 0.15) is 42.1 Å². The van der Waals surface area contributed by atoms with Crippen LogP contribution in [0.5, 0.6) is 5.88 Å². The molecule has 1 atom stereocenters. The molecule has 1 aliphatic heterocycles. The second-order valence-corrected chi connectivity index (χ2v) is 8.34. The van der Waals surface area contributed by atoms with Crippen molar-refractivity contribution in [3.8, 4) is 5.88 Å². The zero-order valence-corrected chi connectivity index (χ0v) is 17.2. The summed E-state index contributed by atoms with van der Waals surface area (Å²) in [6, 6.07) is 5.99. The van der Waals surface area contributed by atoms with Gasteiger partial charge in [-0.05, 0) is 31.5 Å². The van der Waals surface area contributed by atoms with Crippen molar-refractivity contribution in [1.82, 2.24) is 19.5 Å². The quantitative estimate of drug-likeness (QED) is 0.451. The smallest absolute Gasteiger partial charge is 0.269 e. The Morgan fingerprint density at radius 1 is 1.37 bits per heavy atom. The van der Waals surface area contributed by atoms with Crippen molar-refractivity contribution in [2.24, 2.45) is 11.7 Å². The third-order valence-corrected chi connectivity index (χ3v) is 6.60. The lowest BCUT2D eigenvalue weighted by molar-refractivity contribution is -0.384. The molecule has 0 bridgehead atoms. The van der Waals surface area contributed by atoms with E-state index in [2.05, 4.69) is 15.0 Å². The van der Waals surface area contributed by atoms with Gasteiger partial charge in [-0.1, -0.05) is 30.4 Å². The lowest BCUT2D eigenvalue weighted by atomic mass is 9.93. The number of aromatic nitrogens is 3. The molecule has 3 heterocycles. The highest BCUT2D eigenvalue weighted by Crippen LogP contribution is 2.41. The van der Waals surface area contributed by atoms with E-state index in [4.69, 9.17) is 5.73 Å². The molecule has 1 amide bonds. The van der Waals surface area contributed by atoms with Gasteiger partial charge in [0.1, 0.15) is 0 Å². The average molecular weight is 430 g/mol. The van der Waals surface area contributed by atoms with Crippen LogP contribution >= 0.6 is 11.3 Å². The second-order valence-electron chi connectivity index (χ2n) is 7.33. The number of hydrogen-bond acceptors (Lipinski definition) is 8. The van der Waals surface area contributed by atoms with Crippen LogP contribution in [-0.4, -0.2) is 48.5 Å². The molecule has 11 heteroatoms. The standard InChI is InChI=1S/C19H22N6O4S/c1-2-14-21-19-24(22-14)18(27)16(30-19)15(11-3-5-13(6-4-11)25(28)29)23-9-7-12(8-10-23)17(20)26/h3-6,12,15,27H,2,7-10H2,1H3,(H2,20,26). The number of nitrogens with two attached hydrogens (primary N) is 1. The molecule has 30 heavy (non-hydrogen) atoms. The highest BCUT2D eigenvalue weighted by atomic mass is 32.1. The predicted molar refractivity (Wildman–Crippen MR) is 110 cm³/mol. The van der Waals surface area contributed by atoms with E-state index in [0.29, 0.717) is 48.0 Å². The summed E-state index contributed by atoms with van der Waals surface area (Å²) in [6.07, 6.45) is 1.91. The summed E-state index contributed by atoms with van der Waals surface area (Å²) in [7, 11) is 0. The van der Waals surface area contributed by atoms with Gasteiger partial charge in [-0.15, -0.1) is 5.10 Å². The number of hydrogen-bond donors (Lipinski definition) is 2. The van der Waals surface area contributed by atoms with Gasteiger partial charge in [0.2, 0.25) is 16.7 Å². The van der Waals surface area contributed by atoms with Crippen LogP contribution < -0.4 is 5.73 Å². The first kappa shape index (κ1) is 20.2. The zero-order valence-electron chi connectivity index (χ0n) is 16.4. The average Bonchev–Trinajstić information content (AvgIpc) is 3.28. The molecule has 2 aromatic heterocycles. The summed E-state index contributed by atoms with van der Waals surface area (Å²) >= 11 is 1.35. The topological polar surface area (TPSA) is 140 Å². The number of piperidine rings is 1. The molecule has 1 aromatic carbocycles. The number of nitro groups is 1. The summed E-state index contributed by atoms with van der Waals surface area (Å²) < 4.78 is 1.44. The van der Waals surface area contributed by atoms with E-state index in [1.165, 1.54) is 28.0 Å². The second kappa shape index (κ2) is 8.00. The van der Waals surface area contributed by atoms with E-state index in [9.17, 15) is 20.0 Å². The Kier molecular flexibility index (Phi) is 5.39. The first-order valence-corrected chi connectivity index (χ1v) is 10.6. The summed E-state index contributed by atoms with van der Waals surface area (Å²) in [4.78, 5) is 30.0. The number of nitro benzene ring substituents is 1. The Labute approximate surface area is 176 Å². The Morgan fingerprint density at radius 2 is 2.03 bits per heavy atom. The number of carbonyl (C=O) groups excluding carboxylic acids is 1. The molecule has 0 saturated carbocycles. The van der Waals surface area contributed by atoms with E-state index in [1.54, 1.807) is 12.1 Å². The highest BCUT2D eigenvalue weighted by molar-refractivity contribution is 7.17. The number of carbonyl (C=O) groups is 1. The fraction of sp³-hybridized carbons (Fsp3) is 0.421. The van der Waals surface area contributed by atoms with Crippen molar-refractivity contribution in [3.05, 3.63) is 50.6 Å². The molecule has 10 nitrogen and oxygen atoms in total. The van der Waals surface area contributed by atoms with Gasteiger partial charge in [0, 0.05) is 24.5 Å². The van der Waals surface area contributed by atoms with Crippen LogP contribution in [-0.2, 0) is 11.2 Å². The van der Waals surface area contributed by atoms with Crippen LogP contribution in [0.25, 0.3) is 4.96 Å². The summed E-state index contributed by atoms with van der Waals surface area (Å²) in [6.45, 7) is 3.17. The van der Waals surface area contributed by atoms with E-state index < -0.39 is 4.92 Å². The van der Waals surface area contributed by atoms with Gasteiger partial charge in [-0.2, -0.15) is 4.52 Å². The molecular formula is C19H22N6O4S. The highest BCUT2D eigenvalue weighted by Gasteiger charge is 2.33. The van der Waals surface area contributed by atoms with Crippen molar-refractivity contribution < 1.29 is 14.8 Å². The molecule has 4 rings (SSSR count). The van der Waals surface area contributed by atoms with E-state index in [0.717, 1.165) is 5.56 Å². The molecule has 1 aliphatic rings. The Bertz CT molecular complexity index is 1080. The van der Waals surface area contributed by atoms with Crippen molar-refractivity contribution in [2.45, 2.75) is 32.2 Å². The van der Waals surface area contributed by atoms with Gasteiger partial charge in [0.05, 0.1) is 15.8 Å². The molecule has 0 radical (unpaired) electrons. The molecular weight excluding hydrogens is 408 g/mol. The largest absolute Gasteiger partial charge is 0.492 e. The number of amides is 1. The number of likely N-dealkylation sites (tertiary alicyclic amines) is 1. The number of aromatic hydroxyl groups is 1. The number of non-ortho nitro benzene ring substituents is 1. The molecule has 0 spiro atoms. The Morgan fingerprint density at radius 3 is 2.57 bits per heavy atom. The van der Waals surface area contributed by atoms with E-state index >= 15 is 0 Å². The number of benzene rings is 1. The van der Waals surface area contributed by atoms with Crippen LogP contribution in [0.3, 0.4) is 0 Å². The first-order chi connectivity index (χ1) is 14.4. The van der Waals surface area contributed by atoms with Crippen LogP contribution in [0, 0.1) is 16.0 Å². The van der Waals surface area contributed by atoms with Gasteiger partial charge in [-0.3, -0.25) is 19.8 Å². The maximum Gasteiger partial charge on any atom is 0.269 e. The van der Waals surface area contributed by atoms with Gasteiger partial charge >= 0.3 is 0 Å². The molecule has 3 aromatic rings. The number of primary amides is 1. The van der Waals surface area contributed by atoms with Crippen molar-refractivity contribution in [1.29, 1.82) is 0 Å². The molecule has 1 saturated heterocycles. The van der Waals surface area contributed by atoms with Crippen molar-refractivity contribution in [3.63, 3.8) is 0 Å². The lowest BCUT2D eigenvalue weighted by Crippen LogP contribution is -2.40. The SMILES string of the molecule is CCc1nc2sc(C(c3ccc([N+](=O)[O-])cc3)N3CCC(C(N)=O)CC3)c(O)n2n1. The lowest BCUT2D eigenvalue weighted by Gasteiger charge is -2.36. The fourth-order valence-corrected chi connectivity index (χ4v) is 5.00. The summed E-state index contributed by atoms with van der Waals surface area (Å²) in [5.41, 5.74) is 6.28. The minimum Gasteiger partial charge on any atom is -0.492 e. The van der Waals surface area contributed by atoms with Gasteiger partial charge in [0.15, 0.2) is 5.82 Å². The van der Waals surface area contributed by atoms with Crippen molar-refractivity contribution in [2.75, 3.05) is 13.1 Å². The number of thiazole rings is 1. The summed E-state index contributed by atoms with van der Waals surface area (Å²) in [5, 5.41) is 26.3. The van der Waals surface area contributed by atoms with E-state index in [-0.39, 0.29) is 29.4 Å². The van der Waals surface area contributed by atoms with Gasteiger partial charge in [0.25, 0.3) is 5.69 Å².